The summed E-state index contributed by atoms with van der Waals surface area (Å²) < 4.78 is 26.1. The number of hydrogen-bond acceptors (Lipinski definition) is 3. The molecule has 0 heterocycles. The van der Waals surface area contributed by atoms with Gasteiger partial charge < -0.3 is 4.90 Å². The van der Waals surface area contributed by atoms with Crippen LogP contribution in [0.1, 0.15) is 39.2 Å². The predicted molar refractivity (Wildman–Crippen MR) is 88.3 cm³/mol. The largest absolute Gasteiger partial charge is 0.342 e. The molecule has 0 fully saturated rings. The van der Waals surface area contributed by atoms with Gasteiger partial charge in [-0.15, -0.1) is 0 Å². The fourth-order valence-corrected chi connectivity index (χ4v) is 3.28. The summed E-state index contributed by atoms with van der Waals surface area (Å²) in [5.41, 5.74) is 1.08. The van der Waals surface area contributed by atoms with Crippen molar-refractivity contribution < 1.29 is 13.2 Å². The van der Waals surface area contributed by atoms with E-state index in [4.69, 9.17) is 0 Å². The number of likely N-dealkylation sites (N-methyl/N-ethyl adjacent to an activating group) is 2. The van der Waals surface area contributed by atoms with Crippen molar-refractivity contribution in [2.75, 3.05) is 26.7 Å². The third-order valence-electron chi connectivity index (χ3n) is 3.73. The van der Waals surface area contributed by atoms with Crippen LogP contribution >= 0.6 is 0 Å². The van der Waals surface area contributed by atoms with E-state index in [1.807, 2.05) is 26.0 Å². The molecule has 1 amide bonds. The molecule has 0 aromatic heterocycles. The number of carbonyl (C=O) groups excluding carboxylic acids is 1. The number of sulfonamides is 1. The minimum Gasteiger partial charge on any atom is -0.342 e. The standard InChI is InChI=1S/C16H26N2O3S/c1-6-18(7-2)16(19)12-17(5)22(20,21)15-10-8-14(9-11-15)13(3)4/h8-11,13H,6-7,12H2,1-5H3. The van der Waals surface area contributed by atoms with Crippen LogP contribution in [0, 0.1) is 0 Å². The van der Waals surface area contributed by atoms with Gasteiger partial charge in [-0.1, -0.05) is 26.0 Å². The molecular weight excluding hydrogens is 300 g/mol. The summed E-state index contributed by atoms with van der Waals surface area (Å²) in [6, 6.07) is 6.83. The van der Waals surface area contributed by atoms with Crippen molar-refractivity contribution in [2.24, 2.45) is 0 Å². The van der Waals surface area contributed by atoms with E-state index in [-0.39, 0.29) is 17.3 Å². The molecule has 1 aromatic rings. The van der Waals surface area contributed by atoms with Crippen LogP contribution in [0.15, 0.2) is 29.2 Å². The summed E-state index contributed by atoms with van der Waals surface area (Å²) in [6.45, 7) is 8.87. The Kier molecular flexibility index (Phi) is 6.56. The molecule has 0 spiro atoms. The maximum Gasteiger partial charge on any atom is 0.243 e. The van der Waals surface area contributed by atoms with Crippen molar-refractivity contribution in [3.8, 4) is 0 Å². The third-order valence-corrected chi connectivity index (χ3v) is 5.55. The van der Waals surface area contributed by atoms with Gasteiger partial charge in [0, 0.05) is 20.1 Å². The number of rotatable bonds is 7. The molecule has 124 valence electrons. The molecule has 1 aromatic carbocycles. The molecule has 0 saturated heterocycles. The average Bonchev–Trinajstić information content (AvgIpc) is 2.48. The summed E-state index contributed by atoms with van der Waals surface area (Å²) in [6.07, 6.45) is 0. The molecule has 22 heavy (non-hydrogen) atoms. The van der Waals surface area contributed by atoms with Gasteiger partial charge in [0.2, 0.25) is 15.9 Å². The Morgan fingerprint density at radius 1 is 1.09 bits per heavy atom. The van der Waals surface area contributed by atoms with E-state index in [2.05, 4.69) is 13.8 Å². The Balaban J connectivity index is 2.91. The lowest BCUT2D eigenvalue weighted by Gasteiger charge is -2.23. The van der Waals surface area contributed by atoms with Crippen LogP contribution in [0.5, 0.6) is 0 Å². The van der Waals surface area contributed by atoms with E-state index in [1.165, 1.54) is 7.05 Å². The van der Waals surface area contributed by atoms with Crippen molar-refractivity contribution in [1.29, 1.82) is 0 Å². The minimum atomic E-state index is -3.64. The zero-order valence-corrected chi connectivity index (χ0v) is 14.9. The lowest BCUT2D eigenvalue weighted by atomic mass is 10.0. The van der Waals surface area contributed by atoms with Gasteiger partial charge in [-0.3, -0.25) is 4.79 Å². The quantitative estimate of drug-likeness (QED) is 0.772. The molecule has 0 aliphatic carbocycles. The summed E-state index contributed by atoms with van der Waals surface area (Å²) in [4.78, 5) is 13.9. The SMILES string of the molecule is CCN(CC)C(=O)CN(C)S(=O)(=O)c1ccc(C(C)C)cc1. The Labute approximate surface area is 134 Å². The minimum absolute atomic E-state index is 0.143. The maximum absolute atomic E-state index is 12.5. The van der Waals surface area contributed by atoms with Gasteiger partial charge in [-0.05, 0) is 37.5 Å². The van der Waals surface area contributed by atoms with Gasteiger partial charge in [0.25, 0.3) is 0 Å². The first kappa shape index (κ1) is 18.6. The second-order valence-corrected chi connectivity index (χ2v) is 7.60. The highest BCUT2D eigenvalue weighted by atomic mass is 32.2. The number of amides is 1. The molecule has 6 heteroatoms. The Morgan fingerprint density at radius 2 is 1.59 bits per heavy atom. The Bertz CT molecular complexity index is 590. The highest BCUT2D eigenvalue weighted by molar-refractivity contribution is 7.89. The lowest BCUT2D eigenvalue weighted by molar-refractivity contribution is -0.130. The monoisotopic (exact) mass is 326 g/mol. The van der Waals surface area contributed by atoms with Gasteiger partial charge in [0.1, 0.15) is 0 Å². The van der Waals surface area contributed by atoms with Crippen molar-refractivity contribution in [2.45, 2.75) is 38.5 Å². The van der Waals surface area contributed by atoms with Gasteiger partial charge in [0.05, 0.1) is 11.4 Å². The Morgan fingerprint density at radius 3 is 2.00 bits per heavy atom. The Hall–Kier alpha value is -1.40. The molecular formula is C16H26N2O3S. The number of carbonyl (C=O) groups is 1. The van der Waals surface area contributed by atoms with Crippen LogP contribution in [0.3, 0.4) is 0 Å². The van der Waals surface area contributed by atoms with Crippen LogP contribution in [0.4, 0.5) is 0 Å². The predicted octanol–water partition coefficient (Wildman–Crippen LogP) is 2.30. The summed E-state index contributed by atoms with van der Waals surface area (Å²) in [5.74, 6) is 0.161. The molecule has 0 aliphatic heterocycles. The van der Waals surface area contributed by atoms with Crippen LogP contribution in [0.25, 0.3) is 0 Å². The van der Waals surface area contributed by atoms with E-state index >= 15 is 0 Å². The third kappa shape index (κ3) is 4.30. The van der Waals surface area contributed by atoms with Crippen molar-refractivity contribution in [3.63, 3.8) is 0 Å². The number of nitrogens with zero attached hydrogens (tertiary/aromatic N) is 2. The second-order valence-electron chi connectivity index (χ2n) is 5.55. The van der Waals surface area contributed by atoms with Crippen LogP contribution < -0.4 is 0 Å². The van der Waals surface area contributed by atoms with E-state index < -0.39 is 10.0 Å². The van der Waals surface area contributed by atoms with E-state index in [0.29, 0.717) is 19.0 Å². The molecule has 0 unspecified atom stereocenters. The maximum atomic E-state index is 12.5. The van der Waals surface area contributed by atoms with Gasteiger partial charge in [-0.25, -0.2) is 8.42 Å². The zero-order chi connectivity index (χ0) is 16.9. The fraction of sp³-hybridized carbons (Fsp3) is 0.562. The fourth-order valence-electron chi connectivity index (χ4n) is 2.16. The van der Waals surface area contributed by atoms with Gasteiger partial charge in [0.15, 0.2) is 0 Å². The molecule has 0 aliphatic rings. The smallest absolute Gasteiger partial charge is 0.243 e. The second kappa shape index (κ2) is 7.74. The lowest BCUT2D eigenvalue weighted by Crippen LogP contribution is -2.40. The van der Waals surface area contributed by atoms with Crippen LogP contribution in [-0.4, -0.2) is 50.2 Å². The highest BCUT2D eigenvalue weighted by Gasteiger charge is 2.24. The zero-order valence-electron chi connectivity index (χ0n) is 14.0. The molecule has 0 saturated carbocycles. The van der Waals surface area contributed by atoms with Crippen molar-refractivity contribution in [1.82, 2.24) is 9.21 Å². The summed E-state index contributed by atoms with van der Waals surface area (Å²) >= 11 is 0. The van der Waals surface area contributed by atoms with E-state index in [1.54, 1.807) is 17.0 Å². The molecule has 0 N–H and O–H groups in total. The van der Waals surface area contributed by atoms with Gasteiger partial charge >= 0.3 is 0 Å². The molecule has 0 atom stereocenters. The number of benzene rings is 1. The van der Waals surface area contributed by atoms with Crippen molar-refractivity contribution >= 4 is 15.9 Å². The number of hydrogen-bond donors (Lipinski definition) is 0. The molecule has 5 nitrogen and oxygen atoms in total. The molecule has 0 bridgehead atoms. The van der Waals surface area contributed by atoms with Crippen LogP contribution in [-0.2, 0) is 14.8 Å². The average molecular weight is 326 g/mol. The van der Waals surface area contributed by atoms with Crippen molar-refractivity contribution in [3.05, 3.63) is 29.8 Å². The first-order valence-electron chi connectivity index (χ1n) is 7.58. The van der Waals surface area contributed by atoms with Crippen LogP contribution in [0.2, 0.25) is 0 Å². The van der Waals surface area contributed by atoms with E-state index in [0.717, 1.165) is 9.87 Å². The first-order valence-corrected chi connectivity index (χ1v) is 9.02. The summed E-state index contributed by atoms with van der Waals surface area (Å²) in [7, 11) is -2.20. The van der Waals surface area contributed by atoms with E-state index in [9.17, 15) is 13.2 Å². The van der Waals surface area contributed by atoms with Gasteiger partial charge in [-0.2, -0.15) is 4.31 Å². The highest BCUT2D eigenvalue weighted by Crippen LogP contribution is 2.19. The normalized spacial score (nSPS) is 12.0. The summed E-state index contributed by atoms with van der Waals surface area (Å²) in [5, 5.41) is 0. The molecule has 1 rings (SSSR count). The first-order chi connectivity index (χ1) is 10.2. The molecule has 0 radical (unpaired) electrons. The topological polar surface area (TPSA) is 57.7 Å².